The molecule has 0 aromatic carbocycles. The highest BCUT2D eigenvalue weighted by Crippen LogP contribution is 2.39. The second-order valence-electron chi connectivity index (χ2n) is 3.93. The van der Waals surface area contributed by atoms with Crippen molar-refractivity contribution in [3.05, 3.63) is 35.2 Å². The summed E-state index contributed by atoms with van der Waals surface area (Å²) in [6.07, 6.45) is 8.75. The topological polar surface area (TPSA) is 28.7 Å². The fourth-order valence-electron chi connectivity index (χ4n) is 2.30. The lowest BCUT2D eigenvalue weighted by molar-refractivity contribution is 0.676. The van der Waals surface area contributed by atoms with Crippen LogP contribution >= 0.6 is 0 Å². The molecule has 1 heterocycles. The van der Waals surface area contributed by atoms with Gasteiger partial charge in [-0.2, -0.15) is 5.10 Å². The Morgan fingerprint density at radius 1 is 1.54 bits per heavy atom. The predicted octanol–water partition coefficient (Wildman–Crippen LogP) is 2.32. The standard InChI is InChI=1S/C11H12N2/c1-7-3-2-4-9-10(7)5-8-6-12-13-11(8)9/h2,4,6-7H,3,5H2,1H3,(H,12,13). The third-order valence-corrected chi connectivity index (χ3v) is 3.08. The number of allylic oxidation sites excluding steroid dienone is 4. The molecule has 2 aliphatic rings. The second-order valence-corrected chi connectivity index (χ2v) is 3.93. The van der Waals surface area contributed by atoms with Gasteiger partial charge in [-0.15, -0.1) is 0 Å². The minimum atomic E-state index is 0.709. The lowest BCUT2D eigenvalue weighted by atomic mass is 9.89. The van der Waals surface area contributed by atoms with E-state index in [1.807, 2.05) is 6.20 Å². The van der Waals surface area contributed by atoms with Crippen molar-refractivity contribution in [1.29, 1.82) is 0 Å². The molecule has 13 heavy (non-hydrogen) atoms. The van der Waals surface area contributed by atoms with Crippen LogP contribution in [0.2, 0.25) is 0 Å². The van der Waals surface area contributed by atoms with Gasteiger partial charge in [-0.05, 0) is 24.3 Å². The van der Waals surface area contributed by atoms with E-state index in [-0.39, 0.29) is 0 Å². The molecule has 2 heteroatoms. The summed E-state index contributed by atoms with van der Waals surface area (Å²) in [5.74, 6) is 0.709. The number of hydrogen-bond donors (Lipinski definition) is 1. The first kappa shape index (κ1) is 7.13. The van der Waals surface area contributed by atoms with Gasteiger partial charge in [0, 0.05) is 5.56 Å². The first-order valence-electron chi connectivity index (χ1n) is 4.78. The first-order valence-corrected chi connectivity index (χ1v) is 4.78. The van der Waals surface area contributed by atoms with Gasteiger partial charge < -0.3 is 0 Å². The fourth-order valence-corrected chi connectivity index (χ4v) is 2.30. The molecule has 3 rings (SSSR count). The molecule has 1 atom stereocenters. The molecule has 1 aromatic rings. The maximum atomic E-state index is 4.07. The number of fused-ring (bicyclic) bond motifs is 2. The van der Waals surface area contributed by atoms with Crippen LogP contribution in [0.25, 0.3) is 5.57 Å². The van der Waals surface area contributed by atoms with Crippen LogP contribution in [0.4, 0.5) is 0 Å². The average Bonchev–Trinajstić information content (AvgIpc) is 2.65. The van der Waals surface area contributed by atoms with Crippen LogP contribution in [-0.4, -0.2) is 10.2 Å². The molecule has 0 aliphatic heterocycles. The maximum absolute atomic E-state index is 4.07. The van der Waals surface area contributed by atoms with Crippen molar-refractivity contribution in [2.75, 3.05) is 0 Å². The largest absolute Gasteiger partial charge is 0.278 e. The highest BCUT2D eigenvalue weighted by Gasteiger charge is 2.26. The number of aromatic amines is 1. The number of rotatable bonds is 0. The highest BCUT2D eigenvalue weighted by atomic mass is 15.1. The summed E-state index contributed by atoms with van der Waals surface area (Å²) in [6.45, 7) is 2.30. The highest BCUT2D eigenvalue weighted by molar-refractivity contribution is 5.81. The summed E-state index contributed by atoms with van der Waals surface area (Å²) < 4.78 is 0. The Hall–Kier alpha value is -1.31. The smallest absolute Gasteiger partial charge is 0.0685 e. The second kappa shape index (κ2) is 2.34. The third kappa shape index (κ3) is 0.857. The van der Waals surface area contributed by atoms with Gasteiger partial charge in [-0.25, -0.2) is 0 Å². The first-order chi connectivity index (χ1) is 6.36. The Kier molecular flexibility index (Phi) is 1.29. The fraction of sp³-hybridized carbons (Fsp3) is 0.364. The van der Waals surface area contributed by atoms with Crippen LogP contribution in [0.3, 0.4) is 0 Å². The summed E-state index contributed by atoms with van der Waals surface area (Å²) in [6, 6.07) is 0. The van der Waals surface area contributed by atoms with Crippen molar-refractivity contribution >= 4 is 5.57 Å². The number of nitrogens with zero attached hydrogens (tertiary/aromatic N) is 1. The van der Waals surface area contributed by atoms with E-state index in [4.69, 9.17) is 0 Å². The molecule has 2 nitrogen and oxygen atoms in total. The van der Waals surface area contributed by atoms with Crippen molar-refractivity contribution in [2.24, 2.45) is 5.92 Å². The zero-order chi connectivity index (χ0) is 8.84. The number of hydrogen-bond acceptors (Lipinski definition) is 1. The summed E-state index contributed by atoms with van der Waals surface area (Å²) >= 11 is 0. The summed E-state index contributed by atoms with van der Waals surface area (Å²) in [4.78, 5) is 0. The van der Waals surface area contributed by atoms with Gasteiger partial charge in [0.05, 0.1) is 11.9 Å². The lowest BCUT2D eigenvalue weighted by Crippen LogP contribution is -2.02. The van der Waals surface area contributed by atoms with E-state index in [1.165, 1.54) is 23.3 Å². The maximum Gasteiger partial charge on any atom is 0.0685 e. The van der Waals surface area contributed by atoms with Crippen LogP contribution in [0.1, 0.15) is 24.6 Å². The number of aromatic nitrogens is 2. The monoisotopic (exact) mass is 172 g/mol. The van der Waals surface area contributed by atoms with Crippen molar-refractivity contribution in [3.8, 4) is 0 Å². The zero-order valence-electron chi connectivity index (χ0n) is 7.67. The molecule has 66 valence electrons. The lowest BCUT2D eigenvalue weighted by Gasteiger charge is -2.16. The molecule has 1 unspecified atom stereocenters. The van der Waals surface area contributed by atoms with Crippen molar-refractivity contribution in [3.63, 3.8) is 0 Å². The van der Waals surface area contributed by atoms with Crippen LogP contribution in [0.15, 0.2) is 23.9 Å². The van der Waals surface area contributed by atoms with Gasteiger partial charge in [0.15, 0.2) is 0 Å². The van der Waals surface area contributed by atoms with Crippen molar-refractivity contribution < 1.29 is 0 Å². The number of nitrogens with one attached hydrogen (secondary N) is 1. The van der Waals surface area contributed by atoms with Gasteiger partial charge in [-0.1, -0.05) is 24.6 Å². The minimum Gasteiger partial charge on any atom is -0.278 e. The SMILES string of the molecule is CC1CC=CC2=C1Cc1cn[nH]c12. The van der Waals surface area contributed by atoms with Crippen molar-refractivity contribution in [1.82, 2.24) is 10.2 Å². The molecule has 2 aliphatic carbocycles. The normalized spacial score (nSPS) is 24.8. The molecule has 0 amide bonds. The molecule has 1 N–H and O–H groups in total. The van der Waals surface area contributed by atoms with E-state index < -0.39 is 0 Å². The minimum absolute atomic E-state index is 0.709. The Morgan fingerprint density at radius 3 is 3.38 bits per heavy atom. The summed E-state index contributed by atoms with van der Waals surface area (Å²) in [7, 11) is 0. The predicted molar refractivity (Wildman–Crippen MR) is 52.1 cm³/mol. The van der Waals surface area contributed by atoms with Crippen LogP contribution in [-0.2, 0) is 6.42 Å². The van der Waals surface area contributed by atoms with E-state index >= 15 is 0 Å². The van der Waals surface area contributed by atoms with Gasteiger partial charge in [0.2, 0.25) is 0 Å². The van der Waals surface area contributed by atoms with Gasteiger partial charge in [0.25, 0.3) is 0 Å². The van der Waals surface area contributed by atoms with Crippen LogP contribution in [0, 0.1) is 5.92 Å². The Balaban J connectivity index is 2.17. The summed E-state index contributed by atoms with van der Waals surface area (Å²) in [5.41, 5.74) is 5.60. The number of H-pyrrole nitrogens is 1. The Bertz CT molecular complexity index is 409. The van der Waals surface area contributed by atoms with E-state index in [2.05, 4.69) is 29.3 Å². The molecule has 0 saturated carbocycles. The van der Waals surface area contributed by atoms with E-state index in [0.29, 0.717) is 5.92 Å². The Morgan fingerprint density at radius 2 is 2.46 bits per heavy atom. The molecule has 0 bridgehead atoms. The quantitative estimate of drug-likeness (QED) is 0.639. The van der Waals surface area contributed by atoms with Gasteiger partial charge >= 0.3 is 0 Å². The molecule has 0 spiro atoms. The van der Waals surface area contributed by atoms with Gasteiger partial charge in [-0.3, -0.25) is 5.10 Å². The molecular formula is C11H12N2. The van der Waals surface area contributed by atoms with Crippen LogP contribution in [0.5, 0.6) is 0 Å². The van der Waals surface area contributed by atoms with Crippen molar-refractivity contribution in [2.45, 2.75) is 19.8 Å². The zero-order valence-corrected chi connectivity index (χ0v) is 7.67. The van der Waals surface area contributed by atoms with Crippen LogP contribution < -0.4 is 0 Å². The van der Waals surface area contributed by atoms with E-state index in [1.54, 1.807) is 5.57 Å². The molecule has 0 fully saturated rings. The third-order valence-electron chi connectivity index (χ3n) is 3.08. The molecule has 1 aromatic heterocycles. The van der Waals surface area contributed by atoms with Gasteiger partial charge in [0.1, 0.15) is 0 Å². The average molecular weight is 172 g/mol. The molecule has 0 saturated heterocycles. The van der Waals surface area contributed by atoms with E-state index in [9.17, 15) is 0 Å². The Labute approximate surface area is 77.4 Å². The molecular weight excluding hydrogens is 160 g/mol. The molecule has 0 radical (unpaired) electrons. The van der Waals surface area contributed by atoms with E-state index in [0.717, 1.165) is 6.42 Å². The summed E-state index contributed by atoms with van der Waals surface area (Å²) in [5, 5.41) is 7.15.